The van der Waals surface area contributed by atoms with Crippen molar-refractivity contribution in [2.75, 3.05) is 18.6 Å². The van der Waals surface area contributed by atoms with Crippen LogP contribution < -0.4 is 0 Å². The van der Waals surface area contributed by atoms with E-state index in [0.29, 0.717) is 6.10 Å². The summed E-state index contributed by atoms with van der Waals surface area (Å²) < 4.78 is 5.72. The normalized spacial score (nSPS) is 22.7. The lowest BCUT2D eigenvalue weighted by Gasteiger charge is -2.39. The van der Waals surface area contributed by atoms with Crippen molar-refractivity contribution in [2.24, 2.45) is 5.92 Å². The Morgan fingerprint density at radius 3 is 2.04 bits per heavy atom. The third-order valence-electron chi connectivity index (χ3n) is 5.05. The van der Waals surface area contributed by atoms with E-state index in [1.807, 2.05) is 0 Å². The van der Waals surface area contributed by atoms with Crippen LogP contribution in [0.4, 0.5) is 0 Å². The van der Waals surface area contributed by atoms with Gasteiger partial charge >= 0.3 is 0 Å². The summed E-state index contributed by atoms with van der Waals surface area (Å²) in [4.78, 5) is 3.01. The number of hydrogen-bond acceptors (Lipinski definition) is 1. The first-order valence-electron chi connectivity index (χ1n) is 8.66. The van der Waals surface area contributed by atoms with E-state index in [1.165, 1.54) is 34.8 Å². The molecule has 0 spiro atoms. The molecule has 1 heterocycles. The first-order valence-corrected chi connectivity index (χ1v) is 10.9. The quantitative estimate of drug-likeness (QED) is 0.679. The highest BCUT2D eigenvalue weighted by molar-refractivity contribution is 8.33. The molecule has 0 radical (unpaired) electrons. The average molecular weight is 329 g/mol. The molecule has 3 rings (SSSR count). The second-order valence-corrected chi connectivity index (χ2v) is 10.3. The second kappa shape index (κ2) is 7.55. The molecule has 0 bridgehead atoms. The molecule has 1 fully saturated rings. The Hall–Kier alpha value is -1.25. The molecule has 2 heteroatoms. The largest absolute Gasteiger partial charge is 0.378 e. The van der Waals surface area contributed by atoms with Gasteiger partial charge in [-0.2, -0.15) is 10.0 Å². The third-order valence-corrected chi connectivity index (χ3v) is 8.73. The fourth-order valence-corrected chi connectivity index (χ4v) is 6.63. The lowest BCUT2D eigenvalue weighted by atomic mass is 9.94. The summed E-state index contributed by atoms with van der Waals surface area (Å²) in [6.45, 7) is 3.15. The molecule has 2 unspecified atom stereocenters. The molecular formula is C21H28OS. The van der Waals surface area contributed by atoms with Crippen molar-refractivity contribution in [1.29, 1.82) is 0 Å². The third kappa shape index (κ3) is 3.99. The van der Waals surface area contributed by atoms with Crippen LogP contribution in [0.25, 0.3) is 0 Å². The Kier molecular flexibility index (Phi) is 5.45. The standard InChI is InChI=1S/C21H28OS/c1-18-17-19(13-15-22-18)14-16-23(2,20-9-5-3-6-10-20)21-11-7-4-8-12-21/h3-12,18-19H,13-17H2,1-2H3. The van der Waals surface area contributed by atoms with E-state index in [0.717, 1.165) is 12.5 Å². The van der Waals surface area contributed by atoms with E-state index in [-0.39, 0.29) is 0 Å². The van der Waals surface area contributed by atoms with E-state index >= 15 is 0 Å². The van der Waals surface area contributed by atoms with Crippen LogP contribution in [0.5, 0.6) is 0 Å². The summed E-state index contributed by atoms with van der Waals surface area (Å²) in [5.74, 6) is 2.09. The number of rotatable bonds is 5. The maximum atomic E-state index is 5.72. The first-order chi connectivity index (χ1) is 11.2. The molecule has 1 aliphatic heterocycles. The molecule has 0 aliphatic carbocycles. The van der Waals surface area contributed by atoms with Crippen LogP contribution in [0.15, 0.2) is 70.5 Å². The van der Waals surface area contributed by atoms with E-state index in [9.17, 15) is 0 Å². The van der Waals surface area contributed by atoms with Crippen molar-refractivity contribution in [3.63, 3.8) is 0 Å². The zero-order chi connectivity index (χ0) is 16.1. The number of ether oxygens (including phenoxy) is 1. The zero-order valence-electron chi connectivity index (χ0n) is 14.3. The van der Waals surface area contributed by atoms with Gasteiger partial charge in [-0.1, -0.05) is 36.4 Å². The van der Waals surface area contributed by atoms with E-state index in [2.05, 4.69) is 73.8 Å². The molecule has 1 nitrogen and oxygen atoms in total. The minimum absolute atomic E-state index is 0.434. The van der Waals surface area contributed by atoms with Gasteiger partial charge in [0.15, 0.2) is 0 Å². The lowest BCUT2D eigenvalue weighted by molar-refractivity contribution is 0.00216. The molecule has 23 heavy (non-hydrogen) atoms. The monoisotopic (exact) mass is 328 g/mol. The summed E-state index contributed by atoms with van der Waals surface area (Å²) in [6, 6.07) is 22.2. The van der Waals surface area contributed by atoms with Gasteiger partial charge in [-0.25, -0.2) is 0 Å². The molecule has 1 aliphatic rings. The molecule has 0 aromatic heterocycles. The topological polar surface area (TPSA) is 9.23 Å². The molecule has 0 N–H and O–H groups in total. The van der Waals surface area contributed by atoms with Gasteiger partial charge in [-0.15, -0.1) is 0 Å². The van der Waals surface area contributed by atoms with Crippen LogP contribution in [-0.2, 0) is 4.74 Å². The number of hydrogen-bond donors (Lipinski definition) is 0. The summed E-state index contributed by atoms with van der Waals surface area (Å²) in [7, 11) is -0.954. The second-order valence-electron chi connectivity index (χ2n) is 6.78. The minimum atomic E-state index is -0.954. The highest BCUT2D eigenvalue weighted by atomic mass is 32.3. The number of benzene rings is 2. The summed E-state index contributed by atoms with van der Waals surface area (Å²) >= 11 is 0. The van der Waals surface area contributed by atoms with Gasteiger partial charge in [-0.05, 0) is 78.2 Å². The molecule has 2 aromatic carbocycles. The fraction of sp³-hybridized carbons (Fsp3) is 0.429. The van der Waals surface area contributed by atoms with Crippen LogP contribution in [0.2, 0.25) is 0 Å². The van der Waals surface area contributed by atoms with Crippen molar-refractivity contribution >= 4 is 10.0 Å². The van der Waals surface area contributed by atoms with Crippen molar-refractivity contribution in [1.82, 2.24) is 0 Å². The molecule has 2 atom stereocenters. The van der Waals surface area contributed by atoms with Crippen LogP contribution in [0.1, 0.15) is 26.2 Å². The molecule has 0 amide bonds. The zero-order valence-corrected chi connectivity index (χ0v) is 15.1. The van der Waals surface area contributed by atoms with E-state index in [1.54, 1.807) is 0 Å². The Labute approximate surface area is 142 Å². The van der Waals surface area contributed by atoms with Gasteiger partial charge in [0.25, 0.3) is 0 Å². The van der Waals surface area contributed by atoms with Crippen molar-refractivity contribution in [3.8, 4) is 0 Å². The van der Waals surface area contributed by atoms with Gasteiger partial charge in [-0.3, -0.25) is 0 Å². The summed E-state index contributed by atoms with van der Waals surface area (Å²) in [5, 5.41) is 0. The van der Waals surface area contributed by atoms with Crippen molar-refractivity contribution in [3.05, 3.63) is 60.7 Å². The Bertz CT molecular complexity index is 556. The fourth-order valence-electron chi connectivity index (χ4n) is 3.57. The van der Waals surface area contributed by atoms with Crippen LogP contribution in [0, 0.1) is 5.92 Å². The highest BCUT2D eigenvalue weighted by Gasteiger charge is 2.26. The van der Waals surface area contributed by atoms with Gasteiger partial charge in [0, 0.05) is 6.61 Å². The molecular weight excluding hydrogens is 300 g/mol. The Balaban J connectivity index is 1.81. The van der Waals surface area contributed by atoms with Crippen LogP contribution >= 0.6 is 10.0 Å². The smallest absolute Gasteiger partial charge is 0.0549 e. The molecule has 124 valence electrons. The maximum Gasteiger partial charge on any atom is 0.0549 e. The maximum absolute atomic E-state index is 5.72. The van der Waals surface area contributed by atoms with Crippen LogP contribution in [0.3, 0.4) is 0 Å². The van der Waals surface area contributed by atoms with Gasteiger partial charge in [0.1, 0.15) is 0 Å². The predicted octanol–water partition coefficient (Wildman–Crippen LogP) is 5.74. The Morgan fingerprint density at radius 1 is 0.957 bits per heavy atom. The van der Waals surface area contributed by atoms with Gasteiger partial charge in [0.2, 0.25) is 0 Å². The van der Waals surface area contributed by atoms with Gasteiger partial charge < -0.3 is 4.74 Å². The van der Waals surface area contributed by atoms with E-state index in [4.69, 9.17) is 4.74 Å². The lowest BCUT2D eigenvalue weighted by Crippen LogP contribution is -2.24. The summed E-state index contributed by atoms with van der Waals surface area (Å²) in [5.41, 5.74) is 0. The minimum Gasteiger partial charge on any atom is -0.378 e. The van der Waals surface area contributed by atoms with Crippen LogP contribution in [-0.4, -0.2) is 24.7 Å². The van der Waals surface area contributed by atoms with Gasteiger partial charge in [0.05, 0.1) is 6.10 Å². The average Bonchev–Trinajstić information content (AvgIpc) is 2.61. The summed E-state index contributed by atoms with van der Waals surface area (Å²) in [6.07, 6.45) is 6.68. The SMILES string of the molecule is CC1CC(CCS(C)(c2ccccc2)c2ccccc2)CCO1. The van der Waals surface area contributed by atoms with Crippen molar-refractivity contribution < 1.29 is 4.74 Å². The van der Waals surface area contributed by atoms with Crippen molar-refractivity contribution in [2.45, 2.75) is 42.1 Å². The molecule has 2 aromatic rings. The molecule has 1 saturated heterocycles. The Morgan fingerprint density at radius 2 is 1.52 bits per heavy atom. The first kappa shape index (κ1) is 16.6. The predicted molar refractivity (Wildman–Crippen MR) is 101 cm³/mol. The van der Waals surface area contributed by atoms with E-state index < -0.39 is 10.0 Å². The molecule has 0 saturated carbocycles. The highest BCUT2D eigenvalue weighted by Crippen LogP contribution is 2.60.